The summed E-state index contributed by atoms with van der Waals surface area (Å²) in [5.74, 6) is -2.08. The Morgan fingerprint density at radius 3 is 2.25 bits per heavy atom. The highest BCUT2D eigenvalue weighted by molar-refractivity contribution is 5.91. The molecule has 1 aromatic rings. The highest BCUT2D eigenvalue weighted by atomic mass is 16.6. The molecule has 6 nitrogen and oxygen atoms in total. The Bertz CT molecular complexity index is 577. The largest absolute Gasteiger partial charge is 0.481 e. The summed E-state index contributed by atoms with van der Waals surface area (Å²) in [5, 5.41) is 11.4. The van der Waals surface area contributed by atoms with Crippen molar-refractivity contribution in [2.75, 3.05) is 0 Å². The van der Waals surface area contributed by atoms with Gasteiger partial charge < -0.3 is 15.2 Å². The average Bonchev–Trinajstić information content (AvgIpc) is 2.44. The van der Waals surface area contributed by atoms with E-state index in [4.69, 9.17) is 9.84 Å². The van der Waals surface area contributed by atoms with E-state index in [2.05, 4.69) is 5.32 Å². The molecular weight excluding hydrogens is 310 g/mol. The van der Waals surface area contributed by atoms with Crippen LogP contribution in [0, 0.1) is 5.92 Å². The number of aliphatic carboxylic acids is 1. The quantitative estimate of drug-likeness (QED) is 0.799. The van der Waals surface area contributed by atoms with Gasteiger partial charge in [-0.2, -0.15) is 0 Å². The molecule has 0 aliphatic carbocycles. The van der Waals surface area contributed by atoms with Gasteiger partial charge in [0.2, 0.25) is 0 Å². The van der Waals surface area contributed by atoms with Crippen LogP contribution in [-0.4, -0.2) is 34.6 Å². The number of ketones is 1. The fourth-order valence-corrected chi connectivity index (χ4v) is 2.23. The number of carboxylic acids is 1. The summed E-state index contributed by atoms with van der Waals surface area (Å²) >= 11 is 0. The summed E-state index contributed by atoms with van der Waals surface area (Å²) in [6.07, 6.45) is -0.692. The minimum absolute atomic E-state index is 0.278. The van der Waals surface area contributed by atoms with Crippen molar-refractivity contribution in [3.05, 3.63) is 35.9 Å². The van der Waals surface area contributed by atoms with E-state index in [1.165, 1.54) is 0 Å². The van der Waals surface area contributed by atoms with Crippen molar-refractivity contribution < 1.29 is 24.2 Å². The number of rotatable bonds is 7. The van der Waals surface area contributed by atoms with Crippen LogP contribution < -0.4 is 5.32 Å². The molecule has 0 radical (unpaired) electrons. The minimum Gasteiger partial charge on any atom is -0.481 e. The normalized spacial score (nSPS) is 13.7. The molecule has 0 aliphatic heterocycles. The van der Waals surface area contributed by atoms with E-state index in [0.717, 1.165) is 5.56 Å². The predicted molar refractivity (Wildman–Crippen MR) is 89.7 cm³/mol. The molecule has 1 rings (SSSR count). The molecule has 0 saturated heterocycles. The van der Waals surface area contributed by atoms with Crippen LogP contribution in [-0.2, 0) is 20.7 Å². The van der Waals surface area contributed by atoms with E-state index in [1.807, 2.05) is 30.3 Å². The predicted octanol–water partition coefficient (Wildman–Crippen LogP) is 2.80. The summed E-state index contributed by atoms with van der Waals surface area (Å²) < 4.78 is 5.20. The summed E-state index contributed by atoms with van der Waals surface area (Å²) in [7, 11) is 0. The minimum atomic E-state index is -1.05. The van der Waals surface area contributed by atoms with Crippen LogP contribution in [0.25, 0.3) is 0 Å². The molecule has 0 heterocycles. The Morgan fingerprint density at radius 1 is 1.17 bits per heavy atom. The van der Waals surface area contributed by atoms with Crippen LogP contribution in [0.1, 0.15) is 39.7 Å². The molecule has 0 aromatic heterocycles. The van der Waals surface area contributed by atoms with Gasteiger partial charge in [0.05, 0.1) is 12.5 Å². The zero-order chi connectivity index (χ0) is 18.3. The molecule has 0 bridgehead atoms. The SMILES string of the molecule is CC(CC(=O)O)C(=O)[C@H](Cc1ccccc1)NC(=O)OC(C)(C)C. The van der Waals surface area contributed by atoms with Crippen molar-refractivity contribution in [3.8, 4) is 0 Å². The number of nitrogens with one attached hydrogen (secondary N) is 1. The van der Waals surface area contributed by atoms with Gasteiger partial charge in [0, 0.05) is 5.92 Å². The van der Waals surface area contributed by atoms with Gasteiger partial charge in [0.15, 0.2) is 5.78 Å². The van der Waals surface area contributed by atoms with Crippen LogP contribution in [0.4, 0.5) is 4.79 Å². The van der Waals surface area contributed by atoms with Crippen molar-refractivity contribution in [1.29, 1.82) is 0 Å². The monoisotopic (exact) mass is 335 g/mol. The second-order valence-electron chi connectivity index (χ2n) is 6.79. The number of carbonyl (C=O) groups excluding carboxylic acids is 2. The van der Waals surface area contributed by atoms with Gasteiger partial charge in [-0.15, -0.1) is 0 Å². The highest BCUT2D eigenvalue weighted by Crippen LogP contribution is 2.13. The van der Waals surface area contributed by atoms with E-state index < -0.39 is 29.6 Å². The number of carbonyl (C=O) groups is 3. The van der Waals surface area contributed by atoms with Gasteiger partial charge in [0.1, 0.15) is 5.60 Å². The van der Waals surface area contributed by atoms with Crippen molar-refractivity contribution in [1.82, 2.24) is 5.32 Å². The number of Topliss-reactive ketones (excluding diaryl/α,β-unsaturated/α-hetero) is 1. The topological polar surface area (TPSA) is 92.7 Å². The van der Waals surface area contributed by atoms with E-state index >= 15 is 0 Å². The standard InChI is InChI=1S/C18H25NO5/c1-12(10-15(20)21)16(22)14(11-13-8-6-5-7-9-13)19-17(23)24-18(2,3)4/h5-9,12,14H,10-11H2,1-4H3,(H,19,23)(H,20,21)/t12?,14-/m0/s1. The first-order valence-electron chi connectivity index (χ1n) is 7.87. The van der Waals surface area contributed by atoms with Crippen LogP contribution in [0.2, 0.25) is 0 Å². The van der Waals surface area contributed by atoms with Gasteiger partial charge in [-0.3, -0.25) is 9.59 Å². The third kappa shape index (κ3) is 7.26. The third-order valence-corrected chi connectivity index (χ3v) is 3.28. The number of alkyl carbamates (subject to hydrolysis) is 1. The first kappa shape index (κ1) is 19.7. The molecule has 2 N–H and O–H groups in total. The number of ether oxygens (including phenoxy) is 1. The lowest BCUT2D eigenvalue weighted by atomic mass is 9.92. The fraction of sp³-hybridized carbons (Fsp3) is 0.500. The molecule has 0 fully saturated rings. The maximum absolute atomic E-state index is 12.6. The first-order chi connectivity index (χ1) is 11.1. The van der Waals surface area contributed by atoms with Crippen LogP contribution in [0.15, 0.2) is 30.3 Å². The zero-order valence-corrected chi connectivity index (χ0v) is 14.5. The number of amides is 1. The first-order valence-corrected chi connectivity index (χ1v) is 7.87. The summed E-state index contributed by atoms with van der Waals surface area (Å²) in [6.45, 7) is 6.74. The summed E-state index contributed by atoms with van der Waals surface area (Å²) in [5.41, 5.74) is 0.186. The molecule has 1 unspecified atom stereocenters. The fourth-order valence-electron chi connectivity index (χ4n) is 2.23. The van der Waals surface area contributed by atoms with Gasteiger partial charge in [0.25, 0.3) is 0 Å². The maximum atomic E-state index is 12.6. The van der Waals surface area contributed by atoms with E-state index in [9.17, 15) is 14.4 Å². The van der Waals surface area contributed by atoms with E-state index in [-0.39, 0.29) is 18.6 Å². The number of carboxylic acid groups (broad SMARTS) is 1. The molecule has 24 heavy (non-hydrogen) atoms. The van der Waals surface area contributed by atoms with Crippen molar-refractivity contribution in [2.24, 2.45) is 5.92 Å². The van der Waals surface area contributed by atoms with Gasteiger partial charge in [-0.1, -0.05) is 37.3 Å². The maximum Gasteiger partial charge on any atom is 0.408 e. The van der Waals surface area contributed by atoms with Crippen molar-refractivity contribution >= 4 is 17.8 Å². The Kier molecular flexibility index (Phi) is 6.95. The smallest absolute Gasteiger partial charge is 0.408 e. The zero-order valence-electron chi connectivity index (χ0n) is 14.5. The molecular formula is C18H25NO5. The van der Waals surface area contributed by atoms with Gasteiger partial charge in [-0.25, -0.2) is 4.79 Å². The van der Waals surface area contributed by atoms with Crippen molar-refractivity contribution in [2.45, 2.75) is 52.2 Å². The summed E-state index contributed by atoms with van der Waals surface area (Å²) in [4.78, 5) is 35.4. The molecule has 1 amide bonds. The summed E-state index contributed by atoms with van der Waals surface area (Å²) in [6, 6.07) is 8.39. The van der Waals surface area contributed by atoms with Gasteiger partial charge >= 0.3 is 12.1 Å². The molecule has 1 aromatic carbocycles. The Morgan fingerprint density at radius 2 is 1.75 bits per heavy atom. The highest BCUT2D eigenvalue weighted by Gasteiger charge is 2.28. The Balaban J connectivity index is 2.88. The Labute approximate surface area is 142 Å². The van der Waals surface area contributed by atoms with Crippen LogP contribution in [0.5, 0.6) is 0 Å². The number of benzene rings is 1. The molecule has 0 spiro atoms. The Hall–Kier alpha value is -2.37. The third-order valence-electron chi connectivity index (χ3n) is 3.28. The van der Waals surface area contributed by atoms with Gasteiger partial charge in [-0.05, 0) is 32.8 Å². The molecule has 6 heteroatoms. The van der Waals surface area contributed by atoms with Crippen LogP contribution >= 0.6 is 0 Å². The lowest BCUT2D eigenvalue weighted by Gasteiger charge is -2.24. The molecule has 0 aliphatic rings. The number of hydrogen-bond donors (Lipinski definition) is 2. The van der Waals surface area contributed by atoms with Crippen LogP contribution in [0.3, 0.4) is 0 Å². The molecule has 0 saturated carbocycles. The van der Waals surface area contributed by atoms with E-state index in [0.29, 0.717) is 0 Å². The molecule has 2 atom stereocenters. The van der Waals surface area contributed by atoms with Crippen molar-refractivity contribution in [3.63, 3.8) is 0 Å². The second-order valence-corrected chi connectivity index (χ2v) is 6.79. The number of hydrogen-bond acceptors (Lipinski definition) is 4. The van der Waals surface area contributed by atoms with E-state index in [1.54, 1.807) is 27.7 Å². The lowest BCUT2D eigenvalue weighted by molar-refractivity contribution is -0.140. The average molecular weight is 335 g/mol. The molecule has 132 valence electrons. The second kappa shape index (κ2) is 8.47. The lowest BCUT2D eigenvalue weighted by Crippen LogP contribution is -2.46.